The molecule has 8 nitrogen and oxygen atoms in total. The first-order chi connectivity index (χ1) is 9.94. The molecular formula is C12H16N6O2S. The number of aromatic nitrogens is 4. The van der Waals surface area contributed by atoms with Crippen LogP contribution in [0.5, 0.6) is 0 Å². The molecule has 3 rings (SSSR count). The van der Waals surface area contributed by atoms with Crippen LogP contribution in [0, 0.1) is 5.92 Å². The van der Waals surface area contributed by atoms with Gasteiger partial charge in [0.1, 0.15) is 0 Å². The zero-order valence-corrected chi connectivity index (χ0v) is 12.1. The molecular weight excluding hydrogens is 292 g/mol. The van der Waals surface area contributed by atoms with E-state index in [1.807, 2.05) is 0 Å². The molecule has 0 spiro atoms. The number of anilines is 2. The summed E-state index contributed by atoms with van der Waals surface area (Å²) in [7, 11) is -2.91. The topological polar surface area (TPSA) is 130 Å². The van der Waals surface area contributed by atoms with Gasteiger partial charge in [-0.05, 0) is 41.0 Å². The van der Waals surface area contributed by atoms with Crippen LogP contribution < -0.4 is 11.5 Å². The lowest BCUT2D eigenvalue weighted by atomic mass is 10.1. The molecule has 4 N–H and O–H groups in total. The van der Waals surface area contributed by atoms with Gasteiger partial charge in [-0.25, -0.2) is 13.1 Å². The maximum Gasteiger partial charge on any atom is 0.184 e. The van der Waals surface area contributed by atoms with Crippen molar-refractivity contribution in [3.8, 4) is 11.4 Å². The highest BCUT2D eigenvalue weighted by Crippen LogP contribution is 2.27. The van der Waals surface area contributed by atoms with E-state index in [1.54, 1.807) is 22.9 Å². The highest BCUT2D eigenvalue weighted by atomic mass is 32.2. The lowest BCUT2D eigenvalue weighted by Crippen LogP contribution is -2.15. The van der Waals surface area contributed by atoms with E-state index in [4.69, 9.17) is 11.5 Å². The van der Waals surface area contributed by atoms with E-state index in [2.05, 4.69) is 15.5 Å². The third-order valence-electron chi connectivity index (χ3n) is 3.61. The van der Waals surface area contributed by atoms with Gasteiger partial charge in [-0.2, -0.15) is 0 Å². The third-order valence-corrected chi connectivity index (χ3v) is 5.44. The molecule has 1 atom stereocenters. The van der Waals surface area contributed by atoms with Gasteiger partial charge in [0, 0.05) is 23.5 Å². The van der Waals surface area contributed by atoms with Crippen molar-refractivity contribution in [2.45, 2.75) is 13.0 Å². The molecule has 1 fully saturated rings. The molecule has 9 heteroatoms. The average molecular weight is 308 g/mol. The molecule has 0 amide bonds. The molecule has 2 heterocycles. The van der Waals surface area contributed by atoms with Crippen molar-refractivity contribution in [1.29, 1.82) is 0 Å². The number of nitrogens with two attached hydrogens (primary N) is 2. The van der Waals surface area contributed by atoms with Gasteiger partial charge >= 0.3 is 0 Å². The first-order valence-electron chi connectivity index (χ1n) is 6.56. The monoisotopic (exact) mass is 308 g/mol. The van der Waals surface area contributed by atoms with Crippen molar-refractivity contribution in [1.82, 2.24) is 20.2 Å². The number of hydrogen-bond acceptors (Lipinski definition) is 7. The van der Waals surface area contributed by atoms with Gasteiger partial charge in [0.2, 0.25) is 0 Å². The molecule has 1 aliphatic rings. The summed E-state index contributed by atoms with van der Waals surface area (Å²) in [4.78, 5) is 0. The van der Waals surface area contributed by atoms with Gasteiger partial charge in [-0.3, -0.25) is 0 Å². The van der Waals surface area contributed by atoms with Crippen LogP contribution in [0.25, 0.3) is 11.4 Å². The second-order valence-corrected chi connectivity index (χ2v) is 7.53. The smallest absolute Gasteiger partial charge is 0.184 e. The summed E-state index contributed by atoms with van der Waals surface area (Å²) in [6, 6.07) is 5.14. The fourth-order valence-corrected chi connectivity index (χ4v) is 4.42. The SMILES string of the molecule is Nc1ccc(-c2nnnn2CC2CCS(=O)(=O)C2)c(N)c1. The van der Waals surface area contributed by atoms with E-state index in [-0.39, 0.29) is 17.4 Å². The lowest BCUT2D eigenvalue weighted by Gasteiger charge is -2.10. The molecule has 2 aromatic rings. The van der Waals surface area contributed by atoms with Gasteiger partial charge in [0.05, 0.1) is 11.5 Å². The normalized spacial score (nSPS) is 20.7. The Kier molecular flexibility index (Phi) is 3.28. The molecule has 112 valence electrons. The highest BCUT2D eigenvalue weighted by molar-refractivity contribution is 7.91. The number of sulfone groups is 1. The maximum absolute atomic E-state index is 11.5. The molecule has 1 aromatic carbocycles. The minimum absolute atomic E-state index is 0.0345. The highest BCUT2D eigenvalue weighted by Gasteiger charge is 2.29. The van der Waals surface area contributed by atoms with Crippen LogP contribution in [0.3, 0.4) is 0 Å². The average Bonchev–Trinajstić information content (AvgIpc) is 2.97. The zero-order valence-electron chi connectivity index (χ0n) is 11.3. The fourth-order valence-electron chi connectivity index (χ4n) is 2.57. The van der Waals surface area contributed by atoms with E-state index in [0.717, 1.165) is 0 Å². The Labute approximate surface area is 122 Å². The maximum atomic E-state index is 11.5. The van der Waals surface area contributed by atoms with Crippen LogP contribution in [-0.4, -0.2) is 40.1 Å². The second-order valence-electron chi connectivity index (χ2n) is 5.30. The standard InChI is InChI=1S/C12H16N6O2S/c13-9-1-2-10(11(14)5-9)12-15-16-17-18(12)6-8-3-4-21(19,20)7-8/h1-2,5,8H,3-4,6-7,13-14H2. The Hall–Kier alpha value is -2.16. The van der Waals surface area contributed by atoms with Crippen LogP contribution in [0.4, 0.5) is 11.4 Å². The van der Waals surface area contributed by atoms with Crippen LogP contribution in [-0.2, 0) is 16.4 Å². The molecule has 1 aliphatic heterocycles. The molecule has 1 aromatic heterocycles. The third kappa shape index (κ3) is 2.82. The molecule has 1 saturated heterocycles. The first-order valence-corrected chi connectivity index (χ1v) is 8.39. The fraction of sp³-hybridized carbons (Fsp3) is 0.417. The van der Waals surface area contributed by atoms with E-state index in [1.165, 1.54) is 0 Å². The summed E-state index contributed by atoms with van der Waals surface area (Å²) in [6.45, 7) is 0.464. The van der Waals surface area contributed by atoms with Gasteiger partial charge in [0.15, 0.2) is 15.7 Å². The van der Waals surface area contributed by atoms with Crippen molar-refractivity contribution in [3.05, 3.63) is 18.2 Å². The molecule has 0 aliphatic carbocycles. The summed E-state index contributed by atoms with van der Waals surface area (Å²) < 4.78 is 24.6. The molecule has 0 radical (unpaired) electrons. The minimum atomic E-state index is -2.91. The minimum Gasteiger partial charge on any atom is -0.399 e. The number of hydrogen-bond donors (Lipinski definition) is 2. The molecule has 0 bridgehead atoms. The van der Waals surface area contributed by atoms with Gasteiger partial charge in [0.25, 0.3) is 0 Å². The summed E-state index contributed by atoms with van der Waals surface area (Å²) in [5, 5.41) is 11.6. The van der Waals surface area contributed by atoms with Gasteiger partial charge in [-0.1, -0.05) is 0 Å². The Morgan fingerprint density at radius 3 is 2.81 bits per heavy atom. The van der Waals surface area contributed by atoms with E-state index in [9.17, 15) is 8.42 Å². The Balaban J connectivity index is 1.87. The molecule has 0 saturated carbocycles. The molecule has 21 heavy (non-hydrogen) atoms. The van der Waals surface area contributed by atoms with Crippen LogP contribution in [0.15, 0.2) is 18.2 Å². The predicted molar refractivity (Wildman–Crippen MR) is 78.8 cm³/mol. The zero-order chi connectivity index (χ0) is 15.0. The first kappa shape index (κ1) is 13.8. The largest absolute Gasteiger partial charge is 0.399 e. The van der Waals surface area contributed by atoms with E-state index < -0.39 is 9.84 Å². The Bertz CT molecular complexity index is 770. The van der Waals surface area contributed by atoms with Crippen molar-refractivity contribution in [2.24, 2.45) is 5.92 Å². The lowest BCUT2D eigenvalue weighted by molar-refractivity contribution is 0.452. The van der Waals surface area contributed by atoms with Gasteiger partial charge in [-0.15, -0.1) is 5.10 Å². The quantitative estimate of drug-likeness (QED) is 0.759. The summed E-state index contributed by atoms with van der Waals surface area (Å²) in [5.74, 6) is 0.979. The second kappa shape index (κ2) is 4.99. The van der Waals surface area contributed by atoms with Crippen LogP contribution in [0.2, 0.25) is 0 Å². The van der Waals surface area contributed by atoms with Gasteiger partial charge < -0.3 is 11.5 Å². The van der Waals surface area contributed by atoms with Crippen molar-refractivity contribution in [3.63, 3.8) is 0 Å². The number of tetrazole rings is 1. The number of benzene rings is 1. The number of nitrogens with zero attached hydrogens (tertiary/aromatic N) is 4. The van der Waals surface area contributed by atoms with Crippen LogP contribution >= 0.6 is 0 Å². The number of nitrogen functional groups attached to an aromatic ring is 2. The van der Waals surface area contributed by atoms with Crippen molar-refractivity contribution < 1.29 is 8.42 Å². The Morgan fingerprint density at radius 2 is 2.14 bits per heavy atom. The van der Waals surface area contributed by atoms with E-state index in [0.29, 0.717) is 35.7 Å². The summed E-state index contributed by atoms with van der Waals surface area (Å²) >= 11 is 0. The predicted octanol–water partition coefficient (Wildman–Crippen LogP) is -0.0608. The summed E-state index contributed by atoms with van der Waals surface area (Å²) in [5.41, 5.74) is 13.4. The van der Waals surface area contributed by atoms with Crippen molar-refractivity contribution in [2.75, 3.05) is 23.0 Å². The number of rotatable bonds is 3. The molecule has 1 unspecified atom stereocenters. The Morgan fingerprint density at radius 1 is 1.33 bits per heavy atom. The van der Waals surface area contributed by atoms with E-state index >= 15 is 0 Å². The van der Waals surface area contributed by atoms with Crippen LogP contribution in [0.1, 0.15) is 6.42 Å². The summed E-state index contributed by atoms with van der Waals surface area (Å²) in [6.07, 6.45) is 0.638. The van der Waals surface area contributed by atoms with Crippen molar-refractivity contribution >= 4 is 21.2 Å².